The first kappa shape index (κ1) is 19.9. The Balaban J connectivity index is 1.94. The molecule has 28 heavy (non-hydrogen) atoms. The smallest absolute Gasteiger partial charge is 0.262 e. The quantitative estimate of drug-likeness (QED) is 0.586. The van der Waals surface area contributed by atoms with Crippen molar-refractivity contribution in [3.63, 3.8) is 0 Å². The van der Waals surface area contributed by atoms with Crippen molar-refractivity contribution in [3.8, 4) is 23.0 Å². The first-order valence-corrected chi connectivity index (χ1v) is 10.1. The lowest BCUT2D eigenvalue weighted by Gasteiger charge is -2.15. The van der Waals surface area contributed by atoms with Gasteiger partial charge in [-0.15, -0.1) is 0 Å². The van der Waals surface area contributed by atoms with Gasteiger partial charge in [-0.2, -0.15) is 0 Å². The van der Waals surface area contributed by atoms with Crippen LogP contribution in [0.1, 0.15) is 0 Å². The number of hydrogen-bond acceptors (Lipinski definition) is 5. The zero-order valence-electron chi connectivity index (χ0n) is 15.2. The molecule has 3 aromatic rings. The summed E-state index contributed by atoms with van der Waals surface area (Å²) in [6, 6.07) is 17.8. The number of halogens is 1. The van der Waals surface area contributed by atoms with Gasteiger partial charge in [0.05, 0.1) is 24.8 Å². The SMILES string of the molecule is COc1ccc(S(=O)(=O)Nc2cc(Cl)ccc2Oc2ccccc2OC)cc1. The fourth-order valence-electron chi connectivity index (χ4n) is 2.45. The Labute approximate surface area is 168 Å². The standard InChI is InChI=1S/C20H18ClNO5S/c1-25-15-8-10-16(11-9-15)28(23,24)22-17-13-14(21)7-12-18(17)27-20-6-4-3-5-19(20)26-2/h3-13,22H,1-2H3. The van der Waals surface area contributed by atoms with Crippen LogP contribution >= 0.6 is 11.6 Å². The number of benzene rings is 3. The second-order valence-corrected chi connectivity index (χ2v) is 7.79. The summed E-state index contributed by atoms with van der Waals surface area (Å²) in [5, 5.41) is 0.361. The molecule has 3 aromatic carbocycles. The highest BCUT2D eigenvalue weighted by molar-refractivity contribution is 7.92. The van der Waals surface area contributed by atoms with Gasteiger partial charge < -0.3 is 14.2 Å². The number of para-hydroxylation sites is 2. The maximum Gasteiger partial charge on any atom is 0.262 e. The molecule has 0 aliphatic carbocycles. The summed E-state index contributed by atoms with van der Waals surface area (Å²) < 4.78 is 44.3. The molecule has 0 fully saturated rings. The van der Waals surface area contributed by atoms with Crippen molar-refractivity contribution in [2.45, 2.75) is 4.90 Å². The van der Waals surface area contributed by atoms with Crippen LogP contribution in [0.4, 0.5) is 5.69 Å². The maximum atomic E-state index is 12.8. The minimum atomic E-state index is -3.86. The third kappa shape index (κ3) is 4.49. The average Bonchev–Trinajstić information content (AvgIpc) is 2.70. The second kappa shape index (κ2) is 8.41. The van der Waals surface area contributed by atoms with Crippen molar-refractivity contribution in [3.05, 3.63) is 71.8 Å². The molecule has 6 nitrogen and oxygen atoms in total. The number of sulfonamides is 1. The molecule has 146 valence electrons. The summed E-state index contributed by atoms with van der Waals surface area (Å²) in [4.78, 5) is 0.0801. The molecule has 0 aliphatic heterocycles. The molecule has 0 radical (unpaired) electrons. The van der Waals surface area contributed by atoms with Crippen molar-refractivity contribution < 1.29 is 22.6 Å². The summed E-state index contributed by atoms with van der Waals surface area (Å²) >= 11 is 6.06. The van der Waals surface area contributed by atoms with Crippen LogP contribution in [0.15, 0.2) is 71.6 Å². The van der Waals surface area contributed by atoms with E-state index in [4.69, 9.17) is 25.8 Å². The summed E-state index contributed by atoms with van der Waals surface area (Å²) in [5.41, 5.74) is 0.203. The molecule has 0 spiro atoms. The number of ether oxygens (including phenoxy) is 3. The van der Waals surface area contributed by atoms with Gasteiger partial charge in [-0.25, -0.2) is 8.42 Å². The van der Waals surface area contributed by atoms with Crippen LogP contribution in [-0.2, 0) is 10.0 Å². The fourth-order valence-corrected chi connectivity index (χ4v) is 3.68. The van der Waals surface area contributed by atoms with E-state index in [1.807, 2.05) is 0 Å². The molecule has 0 aliphatic rings. The lowest BCUT2D eigenvalue weighted by Crippen LogP contribution is -2.13. The van der Waals surface area contributed by atoms with E-state index in [1.165, 1.54) is 32.4 Å². The largest absolute Gasteiger partial charge is 0.497 e. The number of methoxy groups -OCH3 is 2. The van der Waals surface area contributed by atoms with Gasteiger partial charge in [-0.1, -0.05) is 23.7 Å². The van der Waals surface area contributed by atoms with Crippen LogP contribution in [0.25, 0.3) is 0 Å². The number of hydrogen-bond donors (Lipinski definition) is 1. The molecule has 1 N–H and O–H groups in total. The minimum absolute atomic E-state index is 0.0801. The average molecular weight is 420 g/mol. The van der Waals surface area contributed by atoms with Crippen molar-refractivity contribution >= 4 is 27.3 Å². The van der Waals surface area contributed by atoms with Gasteiger partial charge in [-0.3, -0.25) is 4.72 Å². The highest BCUT2D eigenvalue weighted by Crippen LogP contribution is 2.37. The van der Waals surface area contributed by atoms with E-state index in [0.29, 0.717) is 22.3 Å². The molecule has 0 saturated heterocycles. The third-order valence-electron chi connectivity index (χ3n) is 3.84. The van der Waals surface area contributed by atoms with Crippen LogP contribution in [0.5, 0.6) is 23.0 Å². The van der Waals surface area contributed by atoms with Gasteiger partial charge >= 0.3 is 0 Å². The van der Waals surface area contributed by atoms with E-state index in [2.05, 4.69) is 4.72 Å². The van der Waals surface area contributed by atoms with Crippen LogP contribution in [0, 0.1) is 0 Å². The Morgan fingerprint density at radius 1 is 0.821 bits per heavy atom. The summed E-state index contributed by atoms with van der Waals surface area (Å²) in [5.74, 6) is 1.80. The molecule has 3 rings (SSSR count). The van der Waals surface area contributed by atoms with Gasteiger partial charge in [0.15, 0.2) is 17.2 Å². The van der Waals surface area contributed by atoms with Crippen LogP contribution in [0.2, 0.25) is 5.02 Å². The Morgan fingerprint density at radius 3 is 2.14 bits per heavy atom. The predicted octanol–water partition coefficient (Wildman–Crippen LogP) is 4.95. The van der Waals surface area contributed by atoms with Crippen molar-refractivity contribution in [1.82, 2.24) is 0 Å². The minimum Gasteiger partial charge on any atom is -0.497 e. The normalized spacial score (nSPS) is 11.0. The zero-order chi connectivity index (χ0) is 20.1. The summed E-state index contributed by atoms with van der Waals surface area (Å²) in [7, 11) is -0.827. The zero-order valence-corrected chi connectivity index (χ0v) is 16.8. The molecular formula is C20H18ClNO5S. The Morgan fingerprint density at radius 2 is 1.50 bits per heavy atom. The predicted molar refractivity (Wildman–Crippen MR) is 108 cm³/mol. The van der Waals surface area contributed by atoms with Crippen LogP contribution < -0.4 is 18.9 Å². The highest BCUT2D eigenvalue weighted by atomic mass is 35.5. The van der Waals surface area contributed by atoms with E-state index in [0.717, 1.165) is 0 Å². The Hall–Kier alpha value is -2.90. The highest BCUT2D eigenvalue weighted by Gasteiger charge is 2.18. The summed E-state index contributed by atoms with van der Waals surface area (Å²) in [6.45, 7) is 0. The number of rotatable bonds is 7. The third-order valence-corrected chi connectivity index (χ3v) is 5.46. The fraction of sp³-hybridized carbons (Fsp3) is 0.100. The monoisotopic (exact) mass is 419 g/mol. The van der Waals surface area contributed by atoms with Crippen LogP contribution in [0.3, 0.4) is 0 Å². The lowest BCUT2D eigenvalue weighted by molar-refractivity contribution is 0.379. The van der Waals surface area contributed by atoms with Gasteiger partial charge in [-0.05, 0) is 54.6 Å². The summed E-state index contributed by atoms with van der Waals surface area (Å²) in [6.07, 6.45) is 0. The van der Waals surface area contributed by atoms with Gasteiger partial charge in [0.1, 0.15) is 5.75 Å². The Bertz CT molecular complexity index is 1070. The molecule has 0 bridgehead atoms. The van der Waals surface area contributed by atoms with Gasteiger partial charge in [0.2, 0.25) is 0 Å². The van der Waals surface area contributed by atoms with Gasteiger partial charge in [0, 0.05) is 5.02 Å². The van der Waals surface area contributed by atoms with E-state index in [-0.39, 0.29) is 16.3 Å². The van der Waals surface area contributed by atoms with Crippen molar-refractivity contribution in [2.75, 3.05) is 18.9 Å². The van der Waals surface area contributed by atoms with E-state index < -0.39 is 10.0 Å². The molecule has 0 saturated carbocycles. The molecule has 0 unspecified atom stereocenters. The molecule has 0 heterocycles. The Kier molecular flexibility index (Phi) is 5.96. The molecule has 0 atom stereocenters. The lowest BCUT2D eigenvalue weighted by atomic mass is 10.3. The van der Waals surface area contributed by atoms with E-state index >= 15 is 0 Å². The van der Waals surface area contributed by atoms with Crippen molar-refractivity contribution in [2.24, 2.45) is 0 Å². The topological polar surface area (TPSA) is 73.9 Å². The van der Waals surface area contributed by atoms with E-state index in [1.54, 1.807) is 48.5 Å². The van der Waals surface area contributed by atoms with E-state index in [9.17, 15) is 8.42 Å². The first-order chi connectivity index (χ1) is 13.4. The number of anilines is 1. The second-order valence-electron chi connectivity index (χ2n) is 5.67. The van der Waals surface area contributed by atoms with Crippen molar-refractivity contribution in [1.29, 1.82) is 0 Å². The number of nitrogens with one attached hydrogen (secondary N) is 1. The molecule has 0 aromatic heterocycles. The molecule has 8 heteroatoms. The van der Waals surface area contributed by atoms with Crippen LogP contribution in [-0.4, -0.2) is 22.6 Å². The van der Waals surface area contributed by atoms with Gasteiger partial charge in [0.25, 0.3) is 10.0 Å². The molecule has 0 amide bonds. The maximum absolute atomic E-state index is 12.8. The molecular weight excluding hydrogens is 402 g/mol. The first-order valence-electron chi connectivity index (χ1n) is 8.20.